The number of nitrogens with zero attached hydrogens (tertiary/aromatic N) is 2. The van der Waals surface area contributed by atoms with Crippen molar-refractivity contribution in [2.24, 2.45) is 0 Å². The van der Waals surface area contributed by atoms with Gasteiger partial charge in [0.05, 0.1) is 19.4 Å². The van der Waals surface area contributed by atoms with E-state index in [4.69, 9.17) is 19.3 Å². The quantitative estimate of drug-likeness (QED) is 0.389. The Morgan fingerprint density at radius 2 is 2.03 bits per heavy atom. The topological polar surface area (TPSA) is 151 Å². The van der Waals surface area contributed by atoms with Crippen LogP contribution in [-0.2, 0) is 4.74 Å². The van der Waals surface area contributed by atoms with E-state index in [1.807, 2.05) is 6.92 Å². The predicted molar refractivity (Wildman–Crippen MR) is 115 cm³/mol. The number of ether oxygens (including phenoxy) is 2. The molecule has 2 rings (SSSR count). The van der Waals surface area contributed by atoms with Crippen LogP contribution >= 0.6 is 11.3 Å². The minimum absolute atomic E-state index is 0.0306. The average Bonchev–Trinajstić information content (AvgIpc) is 3.14. The fraction of sp³-hybridized carbons (Fsp3) is 0.389. The minimum Gasteiger partial charge on any atom is -0.488 e. The Balaban J connectivity index is 2.21. The lowest BCUT2D eigenvalue weighted by Gasteiger charge is -2.18. The molecule has 0 aliphatic rings. The molecule has 0 bridgehead atoms. The lowest BCUT2D eigenvalue weighted by atomic mass is 10.2. The van der Waals surface area contributed by atoms with Gasteiger partial charge in [0.1, 0.15) is 0 Å². The fourth-order valence-electron chi connectivity index (χ4n) is 2.40. The molecule has 2 aromatic rings. The number of anilines is 3. The maximum absolute atomic E-state index is 12.6. The molecule has 0 aliphatic heterocycles. The van der Waals surface area contributed by atoms with Gasteiger partial charge in [0.15, 0.2) is 5.76 Å². The SMILES string of the molecule is CC[C@@H](COC)Nc1cc(C(=O)Nc2nnc(N/C(C)=C\C=N)s2)oc(=O)c1OC. The monoisotopic (exact) mass is 436 g/mol. The van der Waals surface area contributed by atoms with Crippen molar-refractivity contribution in [2.45, 2.75) is 26.3 Å². The van der Waals surface area contributed by atoms with Crippen LogP contribution in [0.25, 0.3) is 0 Å². The zero-order chi connectivity index (χ0) is 22.1. The first-order valence-electron chi connectivity index (χ1n) is 8.98. The number of carbonyl (C=O) groups is 1. The third-order valence-electron chi connectivity index (χ3n) is 3.84. The normalized spacial score (nSPS) is 12.2. The van der Waals surface area contributed by atoms with Gasteiger partial charge < -0.3 is 29.9 Å². The first kappa shape index (κ1) is 23.0. The highest BCUT2D eigenvalue weighted by molar-refractivity contribution is 7.19. The number of nitrogens with one attached hydrogen (secondary N) is 4. The van der Waals surface area contributed by atoms with Gasteiger partial charge in [-0.3, -0.25) is 10.1 Å². The Morgan fingerprint density at radius 3 is 2.63 bits per heavy atom. The third kappa shape index (κ3) is 6.12. The summed E-state index contributed by atoms with van der Waals surface area (Å²) in [5.41, 5.74) is 0.235. The number of allylic oxidation sites excluding steroid dienone is 2. The zero-order valence-corrected chi connectivity index (χ0v) is 17.9. The molecule has 1 amide bonds. The molecule has 11 nitrogen and oxygen atoms in total. The van der Waals surface area contributed by atoms with Gasteiger partial charge in [0.2, 0.25) is 16.0 Å². The number of amides is 1. The summed E-state index contributed by atoms with van der Waals surface area (Å²) in [6, 6.07) is 1.31. The second kappa shape index (κ2) is 11.1. The molecule has 0 saturated heterocycles. The number of carbonyl (C=O) groups excluding carboxylic acids is 1. The van der Waals surface area contributed by atoms with Gasteiger partial charge in [-0.05, 0) is 19.4 Å². The maximum atomic E-state index is 12.6. The Hall–Kier alpha value is -3.25. The molecule has 0 aliphatic carbocycles. The minimum atomic E-state index is -0.785. The van der Waals surface area contributed by atoms with Gasteiger partial charge in [0, 0.05) is 31.1 Å². The van der Waals surface area contributed by atoms with Crippen LogP contribution in [0.4, 0.5) is 16.0 Å². The highest BCUT2D eigenvalue weighted by atomic mass is 32.1. The van der Waals surface area contributed by atoms with Crippen molar-refractivity contribution in [3.8, 4) is 5.75 Å². The van der Waals surface area contributed by atoms with E-state index >= 15 is 0 Å². The van der Waals surface area contributed by atoms with Crippen LogP contribution in [-0.4, -0.2) is 49.2 Å². The van der Waals surface area contributed by atoms with Crippen molar-refractivity contribution in [2.75, 3.05) is 36.8 Å². The van der Waals surface area contributed by atoms with Gasteiger partial charge >= 0.3 is 5.63 Å². The van der Waals surface area contributed by atoms with E-state index in [1.165, 1.54) is 13.2 Å². The van der Waals surface area contributed by atoms with Crippen LogP contribution < -0.4 is 26.3 Å². The first-order chi connectivity index (χ1) is 14.4. The van der Waals surface area contributed by atoms with Crippen LogP contribution in [0.1, 0.15) is 30.8 Å². The van der Waals surface area contributed by atoms with E-state index in [9.17, 15) is 9.59 Å². The second-order valence-electron chi connectivity index (χ2n) is 6.06. The van der Waals surface area contributed by atoms with E-state index in [1.54, 1.807) is 20.1 Å². The molecule has 4 N–H and O–H groups in total. The molecule has 0 unspecified atom stereocenters. The number of aromatic nitrogens is 2. The summed E-state index contributed by atoms with van der Waals surface area (Å²) >= 11 is 1.09. The Kier molecular flexibility index (Phi) is 8.50. The molecule has 2 heterocycles. The fourth-order valence-corrected chi connectivity index (χ4v) is 3.10. The summed E-state index contributed by atoms with van der Waals surface area (Å²) in [6.45, 7) is 4.13. The molecule has 2 aromatic heterocycles. The van der Waals surface area contributed by atoms with Gasteiger partial charge in [-0.2, -0.15) is 0 Å². The number of hydrogen-bond donors (Lipinski definition) is 4. The van der Waals surface area contributed by atoms with E-state index in [0.29, 0.717) is 23.1 Å². The van der Waals surface area contributed by atoms with Crippen LogP contribution in [0.15, 0.2) is 27.1 Å². The van der Waals surface area contributed by atoms with Crippen molar-refractivity contribution in [1.29, 1.82) is 5.41 Å². The van der Waals surface area contributed by atoms with Gasteiger partial charge in [0.25, 0.3) is 5.91 Å². The van der Waals surface area contributed by atoms with Crippen LogP contribution in [0.3, 0.4) is 0 Å². The van der Waals surface area contributed by atoms with E-state index in [-0.39, 0.29) is 22.7 Å². The van der Waals surface area contributed by atoms with Crippen LogP contribution in [0, 0.1) is 5.41 Å². The first-order valence-corrected chi connectivity index (χ1v) is 9.80. The van der Waals surface area contributed by atoms with Gasteiger partial charge in [-0.1, -0.05) is 18.3 Å². The van der Waals surface area contributed by atoms with Crippen molar-refractivity contribution in [3.63, 3.8) is 0 Å². The Morgan fingerprint density at radius 1 is 1.33 bits per heavy atom. The van der Waals surface area contributed by atoms with E-state index < -0.39 is 11.5 Å². The standard InChI is InChI=1S/C18H24N6O5S/c1-5-11(9-27-3)21-12-8-13(29-16(26)14(12)28-4)15(25)22-18-24-23-17(30-18)20-10(2)6-7-19/h6-8,11,19,21H,5,9H2,1-4H3,(H,20,23)(H,22,24,25)/b10-6-,19-7?/t11-/m0/s1. The highest BCUT2D eigenvalue weighted by Gasteiger charge is 2.20. The summed E-state index contributed by atoms with van der Waals surface area (Å²) < 4.78 is 15.4. The molecule has 0 fully saturated rings. The number of methoxy groups -OCH3 is 2. The van der Waals surface area contributed by atoms with Crippen molar-refractivity contribution < 1.29 is 18.7 Å². The maximum Gasteiger partial charge on any atom is 0.381 e. The number of rotatable bonds is 11. The summed E-state index contributed by atoms with van der Waals surface area (Å²) in [5, 5.41) is 24.1. The molecule has 30 heavy (non-hydrogen) atoms. The number of hydrogen-bond acceptors (Lipinski definition) is 11. The zero-order valence-electron chi connectivity index (χ0n) is 17.1. The summed E-state index contributed by atoms with van der Waals surface area (Å²) in [7, 11) is 2.92. The predicted octanol–water partition coefficient (Wildman–Crippen LogP) is 2.55. The molecule has 0 aromatic carbocycles. The molecule has 12 heteroatoms. The molecule has 0 spiro atoms. The lowest BCUT2D eigenvalue weighted by Crippen LogP contribution is -2.26. The lowest BCUT2D eigenvalue weighted by molar-refractivity contribution is 0.0991. The molecular formula is C18H24N6O5S. The molecular weight excluding hydrogens is 412 g/mol. The summed E-state index contributed by atoms with van der Waals surface area (Å²) in [6.07, 6.45) is 3.41. The van der Waals surface area contributed by atoms with E-state index in [0.717, 1.165) is 24.0 Å². The van der Waals surface area contributed by atoms with Gasteiger partial charge in [-0.25, -0.2) is 4.79 Å². The molecule has 0 saturated carbocycles. The van der Waals surface area contributed by atoms with Crippen molar-refractivity contribution in [3.05, 3.63) is 34.0 Å². The molecule has 1 atom stereocenters. The highest BCUT2D eigenvalue weighted by Crippen LogP contribution is 2.25. The smallest absolute Gasteiger partial charge is 0.381 e. The van der Waals surface area contributed by atoms with Gasteiger partial charge in [-0.15, -0.1) is 10.2 Å². The Bertz CT molecular complexity index is 970. The largest absolute Gasteiger partial charge is 0.488 e. The summed E-state index contributed by atoms with van der Waals surface area (Å²) in [5.74, 6) is -0.899. The molecule has 0 radical (unpaired) electrons. The van der Waals surface area contributed by atoms with Crippen LogP contribution in [0.5, 0.6) is 5.75 Å². The second-order valence-corrected chi connectivity index (χ2v) is 7.04. The molecule has 162 valence electrons. The Labute approximate surface area is 177 Å². The van der Waals surface area contributed by atoms with Crippen molar-refractivity contribution >= 4 is 39.4 Å². The average molecular weight is 436 g/mol. The third-order valence-corrected chi connectivity index (χ3v) is 4.59. The van der Waals surface area contributed by atoms with Crippen molar-refractivity contribution in [1.82, 2.24) is 10.2 Å². The van der Waals surface area contributed by atoms with E-state index in [2.05, 4.69) is 26.1 Å². The van der Waals surface area contributed by atoms with Crippen LogP contribution in [0.2, 0.25) is 0 Å². The summed E-state index contributed by atoms with van der Waals surface area (Å²) in [4.78, 5) is 24.8.